The van der Waals surface area contributed by atoms with Crippen LogP contribution in [0.5, 0.6) is 0 Å². The summed E-state index contributed by atoms with van der Waals surface area (Å²) >= 11 is 0. The Morgan fingerprint density at radius 3 is 2.83 bits per heavy atom. The first-order chi connectivity index (χ1) is 8.69. The minimum Gasteiger partial charge on any atom is -0.383 e. The first-order valence-electron chi connectivity index (χ1n) is 7.23. The van der Waals surface area contributed by atoms with Crippen molar-refractivity contribution in [3.05, 3.63) is 0 Å². The van der Waals surface area contributed by atoms with Crippen molar-refractivity contribution in [1.82, 2.24) is 10.2 Å². The third kappa shape index (κ3) is 5.22. The summed E-state index contributed by atoms with van der Waals surface area (Å²) in [5, 5.41) is 3.60. The van der Waals surface area contributed by atoms with Crippen LogP contribution >= 0.6 is 0 Å². The fraction of sp³-hybridized carbons (Fsp3) is 1.00. The van der Waals surface area contributed by atoms with Crippen molar-refractivity contribution in [2.45, 2.75) is 39.3 Å². The van der Waals surface area contributed by atoms with Crippen molar-refractivity contribution >= 4 is 0 Å². The molecule has 0 aromatic heterocycles. The minimum atomic E-state index is 0.560. The first-order valence-corrected chi connectivity index (χ1v) is 7.23. The second-order valence-electron chi connectivity index (χ2n) is 5.37. The largest absolute Gasteiger partial charge is 0.383 e. The van der Waals surface area contributed by atoms with Gasteiger partial charge in [-0.3, -0.25) is 4.90 Å². The molecule has 0 spiro atoms. The minimum absolute atomic E-state index is 0.560. The summed E-state index contributed by atoms with van der Waals surface area (Å²) in [6.45, 7) is 12.4. The highest BCUT2D eigenvalue weighted by molar-refractivity contribution is 4.82. The van der Waals surface area contributed by atoms with Gasteiger partial charge in [0.05, 0.1) is 13.2 Å². The summed E-state index contributed by atoms with van der Waals surface area (Å²) in [6, 6.07) is 1.16. The lowest BCUT2D eigenvalue weighted by Crippen LogP contribution is -2.49. The third-order valence-corrected chi connectivity index (χ3v) is 3.72. The summed E-state index contributed by atoms with van der Waals surface area (Å²) in [4.78, 5) is 2.49. The first kappa shape index (κ1) is 15.9. The fourth-order valence-electron chi connectivity index (χ4n) is 2.58. The Morgan fingerprint density at radius 1 is 1.44 bits per heavy atom. The van der Waals surface area contributed by atoms with Crippen LogP contribution in [-0.4, -0.2) is 63.5 Å². The van der Waals surface area contributed by atoms with Crippen LogP contribution < -0.4 is 5.32 Å². The highest BCUT2D eigenvalue weighted by Gasteiger charge is 2.27. The van der Waals surface area contributed by atoms with Crippen molar-refractivity contribution in [2.75, 3.05) is 46.6 Å². The number of nitrogens with zero attached hydrogens (tertiary/aromatic N) is 1. The number of hydrogen-bond donors (Lipinski definition) is 1. The molecule has 1 aliphatic heterocycles. The molecule has 0 saturated carbocycles. The topological polar surface area (TPSA) is 33.7 Å². The summed E-state index contributed by atoms with van der Waals surface area (Å²) in [5.74, 6) is 0.595. The van der Waals surface area contributed by atoms with Gasteiger partial charge < -0.3 is 14.8 Å². The maximum absolute atomic E-state index is 5.65. The smallest absolute Gasteiger partial charge is 0.0589 e. The molecule has 108 valence electrons. The predicted molar refractivity (Wildman–Crippen MR) is 75.0 cm³/mol. The van der Waals surface area contributed by atoms with Gasteiger partial charge in [-0.05, 0) is 26.8 Å². The Morgan fingerprint density at radius 2 is 2.22 bits per heavy atom. The standard InChI is InChI=1S/C14H30N2O2/c1-5-15-14-6-8-18-11-13(14)10-16(12(2)3)7-9-17-4/h12-15H,5-11H2,1-4H3. The molecule has 0 aliphatic carbocycles. The van der Waals surface area contributed by atoms with E-state index in [2.05, 4.69) is 31.0 Å². The average molecular weight is 258 g/mol. The molecular formula is C14H30N2O2. The Hall–Kier alpha value is -0.160. The van der Waals surface area contributed by atoms with Crippen LogP contribution in [0.25, 0.3) is 0 Å². The van der Waals surface area contributed by atoms with Gasteiger partial charge in [-0.15, -0.1) is 0 Å². The molecule has 0 radical (unpaired) electrons. The lowest BCUT2D eigenvalue weighted by molar-refractivity contribution is 0.00845. The van der Waals surface area contributed by atoms with E-state index in [1.807, 2.05) is 0 Å². The third-order valence-electron chi connectivity index (χ3n) is 3.72. The van der Waals surface area contributed by atoms with E-state index in [4.69, 9.17) is 9.47 Å². The molecule has 0 bridgehead atoms. The summed E-state index contributed by atoms with van der Waals surface area (Å²) in [5.41, 5.74) is 0. The van der Waals surface area contributed by atoms with E-state index in [0.29, 0.717) is 18.0 Å². The molecule has 0 aromatic carbocycles. The normalized spacial score (nSPS) is 25.0. The van der Waals surface area contributed by atoms with Crippen LogP contribution in [0.1, 0.15) is 27.2 Å². The number of methoxy groups -OCH3 is 1. The zero-order valence-corrected chi connectivity index (χ0v) is 12.4. The molecule has 0 amide bonds. The summed E-state index contributed by atoms with van der Waals surface area (Å²) in [6.07, 6.45) is 1.13. The highest BCUT2D eigenvalue weighted by Crippen LogP contribution is 2.17. The predicted octanol–water partition coefficient (Wildman–Crippen LogP) is 1.36. The Kier molecular flexibility index (Phi) is 7.82. The lowest BCUT2D eigenvalue weighted by atomic mass is 9.94. The highest BCUT2D eigenvalue weighted by atomic mass is 16.5. The van der Waals surface area contributed by atoms with E-state index in [1.165, 1.54) is 0 Å². The van der Waals surface area contributed by atoms with Crippen LogP contribution in [-0.2, 0) is 9.47 Å². The molecule has 0 aromatic rings. The molecule has 1 aliphatic rings. The second kappa shape index (κ2) is 8.86. The fourth-order valence-corrected chi connectivity index (χ4v) is 2.58. The maximum Gasteiger partial charge on any atom is 0.0589 e. The molecule has 1 heterocycles. The monoisotopic (exact) mass is 258 g/mol. The van der Waals surface area contributed by atoms with Gasteiger partial charge in [-0.25, -0.2) is 0 Å². The van der Waals surface area contributed by atoms with Crippen LogP contribution in [0.4, 0.5) is 0 Å². The van der Waals surface area contributed by atoms with E-state index < -0.39 is 0 Å². The van der Waals surface area contributed by atoms with Crippen LogP contribution in [0, 0.1) is 5.92 Å². The van der Waals surface area contributed by atoms with E-state index in [0.717, 1.165) is 45.9 Å². The summed E-state index contributed by atoms with van der Waals surface area (Å²) in [7, 11) is 1.77. The zero-order valence-electron chi connectivity index (χ0n) is 12.4. The molecule has 1 saturated heterocycles. The van der Waals surface area contributed by atoms with Crippen molar-refractivity contribution in [3.8, 4) is 0 Å². The van der Waals surface area contributed by atoms with Crippen LogP contribution in [0.15, 0.2) is 0 Å². The van der Waals surface area contributed by atoms with E-state index in [1.54, 1.807) is 7.11 Å². The van der Waals surface area contributed by atoms with Crippen LogP contribution in [0.2, 0.25) is 0 Å². The maximum atomic E-state index is 5.65. The van der Waals surface area contributed by atoms with E-state index >= 15 is 0 Å². The Balaban J connectivity index is 2.48. The van der Waals surface area contributed by atoms with Crippen molar-refractivity contribution in [1.29, 1.82) is 0 Å². The van der Waals surface area contributed by atoms with Gasteiger partial charge in [0.25, 0.3) is 0 Å². The van der Waals surface area contributed by atoms with Crippen molar-refractivity contribution in [3.63, 3.8) is 0 Å². The van der Waals surface area contributed by atoms with Gasteiger partial charge in [-0.1, -0.05) is 6.92 Å². The molecule has 4 nitrogen and oxygen atoms in total. The Bertz CT molecular complexity index is 210. The zero-order chi connectivity index (χ0) is 13.4. The lowest BCUT2D eigenvalue weighted by Gasteiger charge is -2.37. The van der Waals surface area contributed by atoms with Crippen molar-refractivity contribution in [2.24, 2.45) is 5.92 Å². The van der Waals surface area contributed by atoms with Crippen molar-refractivity contribution < 1.29 is 9.47 Å². The van der Waals surface area contributed by atoms with Gasteiger partial charge in [0.2, 0.25) is 0 Å². The number of rotatable bonds is 8. The SMILES string of the molecule is CCNC1CCOCC1CN(CCOC)C(C)C. The van der Waals surface area contributed by atoms with Gasteiger partial charge in [0, 0.05) is 44.8 Å². The molecule has 1 rings (SSSR count). The number of nitrogens with one attached hydrogen (secondary N) is 1. The molecule has 4 heteroatoms. The van der Waals surface area contributed by atoms with Crippen LogP contribution in [0.3, 0.4) is 0 Å². The molecule has 1 N–H and O–H groups in total. The molecule has 18 heavy (non-hydrogen) atoms. The van der Waals surface area contributed by atoms with Gasteiger partial charge >= 0.3 is 0 Å². The quantitative estimate of drug-likeness (QED) is 0.713. The van der Waals surface area contributed by atoms with E-state index in [-0.39, 0.29) is 0 Å². The second-order valence-corrected chi connectivity index (χ2v) is 5.37. The van der Waals surface area contributed by atoms with Gasteiger partial charge in [-0.2, -0.15) is 0 Å². The molecular weight excluding hydrogens is 228 g/mol. The number of ether oxygens (including phenoxy) is 2. The van der Waals surface area contributed by atoms with Gasteiger partial charge in [0.1, 0.15) is 0 Å². The molecule has 2 atom stereocenters. The van der Waals surface area contributed by atoms with E-state index in [9.17, 15) is 0 Å². The molecule has 1 fully saturated rings. The number of hydrogen-bond acceptors (Lipinski definition) is 4. The van der Waals surface area contributed by atoms with Gasteiger partial charge in [0.15, 0.2) is 0 Å². The Labute approximate surface area is 112 Å². The average Bonchev–Trinajstić information content (AvgIpc) is 2.36. The molecule has 2 unspecified atom stereocenters. The summed E-state index contributed by atoms with van der Waals surface area (Å²) < 4.78 is 10.8.